The second-order valence-corrected chi connectivity index (χ2v) is 4.97. The standard InChI is InChI=1S/C7H17N3O3S/c8-14(12,13)10-4-2-7(6-10)9-3-1-5-11/h7,9,11H,1-6H2,(H2,8,12,13). The summed E-state index contributed by atoms with van der Waals surface area (Å²) in [6.45, 7) is 1.78. The number of nitrogens with one attached hydrogen (secondary N) is 1. The van der Waals surface area contributed by atoms with Crippen molar-refractivity contribution in [1.82, 2.24) is 9.62 Å². The summed E-state index contributed by atoms with van der Waals surface area (Å²) in [7, 11) is -3.52. The van der Waals surface area contributed by atoms with Crippen molar-refractivity contribution in [2.24, 2.45) is 5.14 Å². The molecule has 4 N–H and O–H groups in total. The number of aliphatic hydroxyl groups excluding tert-OH is 1. The lowest BCUT2D eigenvalue weighted by atomic mass is 10.2. The largest absolute Gasteiger partial charge is 0.396 e. The van der Waals surface area contributed by atoms with Gasteiger partial charge >= 0.3 is 0 Å². The Balaban J connectivity index is 2.28. The van der Waals surface area contributed by atoms with E-state index in [-0.39, 0.29) is 12.6 Å². The molecular weight excluding hydrogens is 206 g/mol. The van der Waals surface area contributed by atoms with Crippen LogP contribution in [-0.4, -0.2) is 50.1 Å². The first-order valence-electron chi connectivity index (χ1n) is 4.66. The average Bonchev–Trinajstić information content (AvgIpc) is 2.52. The SMILES string of the molecule is NS(=O)(=O)N1CCC(NCCCO)C1. The van der Waals surface area contributed by atoms with Crippen molar-refractivity contribution >= 4 is 10.2 Å². The zero-order valence-corrected chi connectivity index (χ0v) is 8.83. The predicted molar refractivity (Wildman–Crippen MR) is 52.8 cm³/mol. The van der Waals surface area contributed by atoms with Crippen LogP contribution in [-0.2, 0) is 10.2 Å². The van der Waals surface area contributed by atoms with Gasteiger partial charge < -0.3 is 10.4 Å². The summed E-state index contributed by atoms with van der Waals surface area (Å²) in [6, 6.07) is 0.167. The van der Waals surface area contributed by atoms with Crippen LogP contribution in [0.1, 0.15) is 12.8 Å². The molecule has 6 nitrogen and oxygen atoms in total. The maximum Gasteiger partial charge on any atom is 0.276 e. The average molecular weight is 223 g/mol. The summed E-state index contributed by atoms with van der Waals surface area (Å²) in [5.41, 5.74) is 0. The van der Waals surface area contributed by atoms with Crippen LogP contribution in [0.15, 0.2) is 0 Å². The van der Waals surface area contributed by atoms with E-state index < -0.39 is 10.2 Å². The zero-order valence-electron chi connectivity index (χ0n) is 8.02. The van der Waals surface area contributed by atoms with Gasteiger partial charge in [-0.25, -0.2) is 5.14 Å². The lowest BCUT2D eigenvalue weighted by molar-refractivity contribution is 0.283. The van der Waals surface area contributed by atoms with E-state index in [4.69, 9.17) is 10.2 Å². The van der Waals surface area contributed by atoms with Crippen molar-refractivity contribution in [2.45, 2.75) is 18.9 Å². The van der Waals surface area contributed by atoms with E-state index in [1.54, 1.807) is 0 Å². The van der Waals surface area contributed by atoms with Crippen molar-refractivity contribution in [3.05, 3.63) is 0 Å². The molecule has 1 unspecified atom stereocenters. The van der Waals surface area contributed by atoms with Crippen LogP contribution in [0.5, 0.6) is 0 Å². The Kier molecular flexibility index (Phi) is 4.27. The monoisotopic (exact) mass is 223 g/mol. The first-order chi connectivity index (χ1) is 6.54. The van der Waals surface area contributed by atoms with Gasteiger partial charge in [-0.2, -0.15) is 12.7 Å². The highest BCUT2D eigenvalue weighted by Gasteiger charge is 2.28. The number of aliphatic hydroxyl groups is 1. The van der Waals surface area contributed by atoms with Crippen molar-refractivity contribution in [3.8, 4) is 0 Å². The molecular formula is C7H17N3O3S. The number of nitrogens with two attached hydrogens (primary N) is 1. The predicted octanol–water partition coefficient (Wildman–Crippen LogP) is -1.76. The second kappa shape index (κ2) is 5.04. The fourth-order valence-corrected chi connectivity index (χ4v) is 2.26. The Morgan fingerprint density at radius 2 is 2.29 bits per heavy atom. The molecule has 1 aliphatic heterocycles. The molecule has 0 saturated carbocycles. The number of hydrogen-bond donors (Lipinski definition) is 3. The van der Waals surface area contributed by atoms with Crippen molar-refractivity contribution in [2.75, 3.05) is 26.2 Å². The lowest BCUT2D eigenvalue weighted by Gasteiger charge is -2.13. The number of hydrogen-bond acceptors (Lipinski definition) is 4. The van der Waals surface area contributed by atoms with Crippen LogP contribution < -0.4 is 10.5 Å². The summed E-state index contributed by atoms with van der Waals surface area (Å²) in [5, 5.41) is 16.7. The minimum Gasteiger partial charge on any atom is -0.396 e. The Hall–Kier alpha value is -0.210. The molecule has 1 saturated heterocycles. The minimum atomic E-state index is -3.52. The highest BCUT2D eigenvalue weighted by molar-refractivity contribution is 7.86. The molecule has 0 amide bonds. The topological polar surface area (TPSA) is 95.7 Å². The molecule has 1 fully saturated rings. The van der Waals surface area contributed by atoms with Crippen LogP contribution in [0.25, 0.3) is 0 Å². The molecule has 0 aromatic heterocycles. The molecule has 1 atom stereocenters. The third kappa shape index (κ3) is 3.50. The number of rotatable bonds is 5. The molecule has 1 aliphatic rings. The Labute approximate surface area is 84.3 Å². The molecule has 0 spiro atoms. The van der Waals surface area contributed by atoms with E-state index in [0.717, 1.165) is 6.42 Å². The quantitative estimate of drug-likeness (QED) is 0.481. The van der Waals surface area contributed by atoms with Crippen LogP contribution in [0.3, 0.4) is 0 Å². The maximum absolute atomic E-state index is 10.9. The van der Waals surface area contributed by atoms with E-state index in [0.29, 0.717) is 26.1 Å². The fourth-order valence-electron chi connectivity index (χ4n) is 1.51. The maximum atomic E-state index is 10.9. The van der Waals surface area contributed by atoms with Gasteiger partial charge in [0.05, 0.1) is 0 Å². The van der Waals surface area contributed by atoms with E-state index >= 15 is 0 Å². The van der Waals surface area contributed by atoms with Gasteiger partial charge in [0.15, 0.2) is 0 Å². The van der Waals surface area contributed by atoms with Gasteiger partial charge in [-0.3, -0.25) is 0 Å². The lowest BCUT2D eigenvalue weighted by Crippen LogP contribution is -2.38. The molecule has 0 aromatic carbocycles. The molecule has 84 valence electrons. The highest BCUT2D eigenvalue weighted by Crippen LogP contribution is 2.10. The summed E-state index contributed by atoms with van der Waals surface area (Å²) in [5.74, 6) is 0. The van der Waals surface area contributed by atoms with Gasteiger partial charge in [0.2, 0.25) is 0 Å². The Morgan fingerprint density at radius 1 is 1.57 bits per heavy atom. The normalized spacial score (nSPS) is 24.3. The third-order valence-electron chi connectivity index (χ3n) is 2.28. The van der Waals surface area contributed by atoms with Gasteiger partial charge in [0.25, 0.3) is 10.2 Å². The molecule has 0 radical (unpaired) electrons. The molecule has 1 heterocycles. The van der Waals surface area contributed by atoms with Crippen molar-refractivity contribution in [1.29, 1.82) is 0 Å². The Bertz CT molecular complexity index is 267. The van der Waals surface area contributed by atoms with Crippen molar-refractivity contribution < 1.29 is 13.5 Å². The summed E-state index contributed by atoms with van der Waals surface area (Å²) in [6.07, 6.45) is 1.47. The van der Waals surface area contributed by atoms with E-state index in [9.17, 15) is 8.42 Å². The first kappa shape index (κ1) is 11.9. The minimum absolute atomic E-state index is 0.151. The van der Waals surface area contributed by atoms with Gasteiger partial charge in [0.1, 0.15) is 0 Å². The highest BCUT2D eigenvalue weighted by atomic mass is 32.2. The van der Waals surface area contributed by atoms with Crippen LogP contribution in [0, 0.1) is 0 Å². The van der Waals surface area contributed by atoms with E-state index in [2.05, 4.69) is 5.32 Å². The molecule has 0 bridgehead atoms. The molecule has 1 rings (SSSR count). The molecule has 0 aromatic rings. The second-order valence-electron chi connectivity index (χ2n) is 3.42. The van der Waals surface area contributed by atoms with E-state index in [1.807, 2.05) is 0 Å². The van der Waals surface area contributed by atoms with Gasteiger partial charge in [-0.05, 0) is 19.4 Å². The smallest absolute Gasteiger partial charge is 0.276 e. The van der Waals surface area contributed by atoms with Crippen LogP contribution in [0.2, 0.25) is 0 Å². The zero-order chi connectivity index (χ0) is 10.6. The summed E-state index contributed by atoms with van der Waals surface area (Å²) in [4.78, 5) is 0. The van der Waals surface area contributed by atoms with Crippen LogP contribution in [0.4, 0.5) is 0 Å². The Morgan fingerprint density at radius 3 is 2.79 bits per heavy atom. The third-order valence-corrected chi connectivity index (χ3v) is 3.33. The van der Waals surface area contributed by atoms with Crippen molar-refractivity contribution in [3.63, 3.8) is 0 Å². The molecule has 14 heavy (non-hydrogen) atoms. The fraction of sp³-hybridized carbons (Fsp3) is 1.00. The van der Waals surface area contributed by atoms with Gasteiger partial charge in [-0.15, -0.1) is 0 Å². The molecule has 7 heteroatoms. The van der Waals surface area contributed by atoms with E-state index in [1.165, 1.54) is 4.31 Å². The van der Waals surface area contributed by atoms with Gasteiger partial charge in [0, 0.05) is 25.7 Å². The summed E-state index contributed by atoms with van der Waals surface area (Å²) < 4.78 is 23.2. The van der Waals surface area contributed by atoms with Gasteiger partial charge in [-0.1, -0.05) is 0 Å². The number of nitrogens with zero attached hydrogens (tertiary/aromatic N) is 1. The van der Waals surface area contributed by atoms with Crippen LogP contribution >= 0.6 is 0 Å². The first-order valence-corrected chi connectivity index (χ1v) is 6.16. The molecule has 0 aliphatic carbocycles. The summed E-state index contributed by atoms with van der Waals surface area (Å²) >= 11 is 0.